The van der Waals surface area contributed by atoms with E-state index in [1.165, 1.54) is 23.1 Å². The van der Waals surface area contributed by atoms with Crippen LogP contribution >= 0.6 is 11.8 Å². The third-order valence-electron chi connectivity index (χ3n) is 2.94. The van der Waals surface area contributed by atoms with Crippen LogP contribution in [0.5, 0.6) is 0 Å². The van der Waals surface area contributed by atoms with E-state index in [-0.39, 0.29) is 10.7 Å². The molecule has 1 heterocycles. The third kappa shape index (κ3) is 5.34. The van der Waals surface area contributed by atoms with Crippen molar-refractivity contribution >= 4 is 27.6 Å². The van der Waals surface area contributed by atoms with Gasteiger partial charge in [-0.05, 0) is 31.8 Å². The minimum Gasteiger partial charge on any atom is -0.381 e. The highest BCUT2D eigenvalue weighted by molar-refractivity contribution is 7.98. The first-order chi connectivity index (χ1) is 9.51. The summed E-state index contributed by atoms with van der Waals surface area (Å²) in [5.74, 6) is 1.22. The molecule has 3 N–H and O–H groups in total. The van der Waals surface area contributed by atoms with E-state index in [2.05, 4.69) is 16.1 Å². The number of rotatable bonds is 10. The molecule has 0 fully saturated rings. The maximum Gasteiger partial charge on any atom is 0.245 e. The first-order valence-corrected chi connectivity index (χ1v) is 9.70. The van der Waals surface area contributed by atoms with Crippen LogP contribution in [0.25, 0.3) is 0 Å². The number of unbranched alkanes of at least 4 members (excludes halogenated alkanes) is 3. The Bertz CT molecular complexity index is 500. The fourth-order valence-corrected chi connectivity index (χ4v) is 3.43. The van der Waals surface area contributed by atoms with Crippen LogP contribution in [-0.4, -0.2) is 36.8 Å². The minimum absolute atomic E-state index is 0.0549. The van der Waals surface area contributed by atoms with Crippen molar-refractivity contribution in [1.29, 1.82) is 0 Å². The zero-order chi connectivity index (χ0) is 15.0. The van der Waals surface area contributed by atoms with Gasteiger partial charge in [0.2, 0.25) is 10.0 Å². The number of nitrogens with zero attached hydrogens (tertiary/aromatic N) is 2. The molecule has 8 heteroatoms. The Morgan fingerprint density at radius 2 is 2.05 bits per heavy atom. The molecule has 0 aliphatic carbocycles. The van der Waals surface area contributed by atoms with Crippen molar-refractivity contribution in [2.45, 2.75) is 44.0 Å². The van der Waals surface area contributed by atoms with E-state index in [1.54, 1.807) is 0 Å². The number of hydrogen-bond donors (Lipinski definition) is 2. The van der Waals surface area contributed by atoms with Crippen molar-refractivity contribution in [3.63, 3.8) is 0 Å². The molecular weight excluding hydrogens is 296 g/mol. The number of nitrogen functional groups attached to an aromatic ring is 1. The number of anilines is 1. The highest BCUT2D eigenvalue weighted by Crippen LogP contribution is 2.16. The van der Waals surface area contributed by atoms with E-state index < -0.39 is 10.0 Å². The van der Waals surface area contributed by atoms with E-state index in [0.717, 1.165) is 19.3 Å². The topological polar surface area (TPSA) is 90.0 Å². The Morgan fingerprint density at radius 3 is 2.65 bits per heavy atom. The second kappa shape index (κ2) is 8.53. The average Bonchev–Trinajstić information content (AvgIpc) is 2.80. The average molecular weight is 320 g/mol. The molecule has 0 aliphatic rings. The molecule has 0 saturated heterocycles. The van der Waals surface area contributed by atoms with E-state index in [0.29, 0.717) is 13.1 Å². The number of aryl methyl sites for hydroxylation is 1. The summed E-state index contributed by atoms with van der Waals surface area (Å²) in [6.45, 7) is 2.92. The molecule has 0 atom stereocenters. The molecule has 1 aromatic heterocycles. The molecule has 0 spiro atoms. The van der Waals surface area contributed by atoms with Gasteiger partial charge in [-0.3, -0.25) is 4.68 Å². The molecule has 0 aliphatic heterocycles. The summed E-state index contributed by atoms with van der Waals surface area (Å²) >= 11 is 1.84. The second-order valence-electron chi connectivity index (χ2n) is 4.54. The quantitative estimate of drug-likeness (QED) is 0.640. The molecule has 20 heavy (non-hydrogen) atoms. The van der Waals surface area contributed by atoms with Gasteiger partial charge in [0, 0.05) is 19.3 Å². The lowest BCUT2D eigenvalue weighted by Gasteiger charge is -2.05. The summed E-state index contributed by atoms with van der Waals surface area (Å²) in [5.41, 5.74) is 5.63. The van der Waals surface area contributed by atoms with Crippen LogP contribution in [0.4, 0.5) is 5.82 Å². The lowest BCUT2D eigenvalue weighted by molar-refractivity contribution is 0.573. The highest BCUT2D eigenvalue weighted by atomic mass is 32.2. The summed E-state index contributed by atoms with van der Waals surface area (Å²) in [5, 5.41) is 3.95. The molecule has 0 saturated carbocycles. The van der Waals surface area contributed by atoms with E-state index in [1.807, 2.05) is 18.7 Å². The van der Waals surface area contributed by atoms with Gasteiger partial charge in [0.15, 0.2) is 5.82 Å². The molecule has 6 nitrogen and oxygen atoms in total. The summed E-state index contributed by atoms with van der Waals surface area (Å²) < 4.78 is 28.2. The number of sulfonamides is 1. The van der Waals surface area contributed by atoms with Gasteiger partial charge in [0.1, 0.15) is 4.90 Å². The molecule has 0 unspecified atom stereocenters. The maximum absolute atomic E-state index is 12.1. The van der Waals surface area contributed by atoms with Crippen LogP contribution in [0.2, 0.25) is 0 Å². The Morgan fingerprint density at radius 1 is 1.35 bits per heavy atom. The van der Waals surface area contributed by atoms with Gasteiger partial charge in [-0.25, -0.2) is 13.1 Å². The molecule has 1 rings (SSSR count). The molecule has 0 aromatic carbocycles. The Kier molecular flexibility index (Phi) is 7.39. The first-order valence-electron chi connectivity index (χ1n) is 6.82. The molecular formula is C12H24N4O2S2. The van der Waals surface area contributed by atoms with Crippen molar-refractivity contribution in [2.75, 3.05) is 24.3 Å². The second-order valence-corrected chi connectivity index (χ2v) is 7.26. The zero-order valence-corrected chi connectivity index (χ0v) is 13.8. The van der Waals surface area contributed by atoms with Crippen LogP contribution in [0.15, 0.2) is 11.1 Å². The SMILES string of the molecule is CCn1cc(S(=O)(=O)NCCCCCCSC)c(N)n1. The Hall–Kier alpha value is -0.730. The number of aromatic nitrogens is 2. The zero-order valence-electron chi connectivity index (χ0n) is 12.1. The van der Waals surface area contributed by atoms with Crippen LogP contribution in [-0.2, 0) is 16.6 Å². The van der Waals surface area contributed by atoms with Gasteiger partial charge in [-0.1, -0.05) is 12.8 Å². The Labute approximate surface area is 125 Å². The standard InChI is InChI=1S/C12H24N4O2S2/c1-3-16-10-11(12(13)15-16)20(17,18)14-8-6-4-5-7-9-19-2/h10,14H,3-9H2,1-2H3,(H2,13,15). The van der Waals surface area contributed by atoms with Crippen molar-refractivity contribution in [2.24, 2.45) is 0 Å². The molecule has 0 bridgehead atoms. The largest absolute Gasteiger partial charge is 0.381 e. The first kappa shape index (κ1) is 17.3. The van der Waals surface area contributed by atoms with E-state index in [4.69, 9.17) is 5.73 Å². The van der Waals surface area contributed by atoms with Gasteiger partial charge in [-0.2, -0.15) is 16.9 Å². The molecule has 0 radical (unpaired) electrons. The third-order valence-corrected chi connectivity index (χ3v) is 5.11. The number of thioether (sulfide) groups is 1. The van der Waals surface area contributed by atoms with Crippen molar-refractivity contribution in [3.05, 3.63) is 6.20 Å². The fraction of sp³-hybridized carbons (Fsp3) is 0.750. The van der Waals surface area contributed by atoms with Crippen LogP contribution in [0, 0.1) is 0 Å². The number of hydrogen-bond acceptors (Lipinski definition) is 5. The number of nitrogens with two attached hydrogens (primary N) is 1. The maximum atomic E-state index is 12.1. The van der Waals surface area contributed by atoms with E-state index in [9.17, 15) is 8.42 Å². The van der Waals surface area contributed by atoms with Crippen LogP contribution in [0.3, 0.4) is 0 Å². The molecule has 1 aromatic rings. The van der Waals surface area contributed by atoms with Gasteiger partial charge >= 0.3 is 0 Å². The predicted octanol–water partition coefficient (Wildman–Crippen LogP) is 1.69. The van der Waals surface area contributed by atoms with Crippen molar-refractivity contribution in [3.8, 4) is 0 Å². The van der Waals surface area contributed by atoms with Gasteiger partial charge in [-0.15, -0.1) is 0 Å². The van der Waals surface area contributed by atoms with Crippen LogP contribution in [0.1, 0.15) is 32.6 Å². The molecule has 0 amide bonds. The smallest absolute Gasteiger partial charge is 0.245 e. The lowest BCUT2D eigenvalue weighted by atomic mass is 10.2. The Balaban J connectivity index is 2.40. The van der Waals surface area contributed by atoms with Crippen molar-refractivity contribution in [1.82, 2.24) is 14.5 Å². The molecule has 116 valence electrons. The van der Waals surface area contributed by atoms with Gasteiger partial charge in [0.25, 0.3) is 0 Å². The summed E-state index contributed by atoms with van der Waals surface area (Å²) in [6, 6.07) is 0. The lowest BCUT2D eigenvalue weighted by Crippen LogP contribution is -2.25. The summed E-state index contributed by atoms with van der Waals surface area (Å²) in [4.78, 5) is 0.0710. The minimum atomic E-state index is -3.54. The van der Waals surface area contributed by atoms with Crippen molar-refractivity contribution < 1.29 is 8.42 Å². The predicted molar refractivity (Wildman–Crippen MR) is 84.4 cm³/mol. The van der Waals surface area contributed by atoms with Crippen LogP contribution < -0.4 is 10.5 Å². The normalized spacial score (nSPS) is 11.9. The van der Waals surface area contributed by atoms with Gasteiger partial charge < -0.3 is 5.73 Å². The summed E-state index contributed by atoms with van der Waals surface area (Å²) in [6.07, 6.45) is 7.76. The number of nitrogens with one attached hydrogen (secondary N) is 1. The van der Waals surface area contributed by atoms with Gasteiger partial charge in [0.05, 0.1) is 0 Å². The fourth-order valence-electron chi connectivity index (χ4n) is 1.80. The monoisotopic (exact) mass is 320 g/mol. The highest BCUT2D eigenvalue weighted by Gasteiger charge is 2.20. The van der Waals surface area contributed by atoms with E-state index >= 15 is 0 Å². The summed E-state index contributed by atoms with van der Waals surface area (Å²) in [7, 11) is -3.54.